The van der Waals surface area contributed by atoms with Crippen molar-refractivity contribution in [2.75, 3.05) is 26.7 Å². The topological polar surface area (TPSA) is 41.6 Å². The molecule has 0 bridgehead atoms. The smallest absolute Gasteiger partial charge is 0.317 e. The average Bonchev–Trinajstić information content (AvgIpc) is 2.41. The second-order valence-corrected chi connectivity index (χ2v) is 4.17. The number of unbranched alkanes of at least 4 members (excludes halogenated alkanes) is 1. The quantitative estimate of drug-likeness (QED) is 0.755. The van der Waals surface area contributed by atoms with Crippen molar-refractivity contribution >= 4 is 6.03 Å². The summed E-state index contributed by atoms with van der Waals surface area (Å²) in [5.74, 6) is 0.825. The summed E-state index contributed by atoms with van der Waals surface area (Å²) in [5, 5.41) is 2.82. The molecule has 0 saturated heterocycles. The fraction of sp³-hybridized carbons (Fsp3) is 0.500. The van der Waals surface area contributed by atoms with E-state index in [4.69, 9.17) is 4.74 Å². The highest BCUT2D eigenvalue weighted by Gasteiger charge is 2.06. The van der Waals surface area contributed by atoms with Gasteiger partial charge in [-0.05, 0) is 18.6 Å². The third-order valence-electron chi connectivity index (χ3n) is 2.58. The van der Waals surface area contributed by atoms with E-state index < -0.39 is 0 Å². The molecule has 1 aromatic rings. The van der Waals surface area contributed by atoms with Crippen molar-refractivity contribution in [2.45, 2.75) is 19.8 Å². The molecule has 0 aliphatic rings. The molecule has 100 valence electrons. The second kappa shape index (κ2) is 8.39. The van der Waals surface area contributed by atoms with Crippen LogP contribution in [0.2, 0.25) is 0 Å². The van der Waals surface area contributed by atoms with Crippen LogP contribution in [0.15, 0.2) is 30.3 Å². The first-order valence-electron chi connectivity index (χ1n) is 6.41. The number of hydrogen-bond acceptors (Lipinski definition) is 2. The molecular formula is C14H22N2O2. The zero-order valence-electron chi connectivity index (χ0n) is 11.2. The largest absolute Gasteiger partial charge is 0.492 e. The molecule has 0 aromatic heterocycles. The molecule has 0 spiro atoms. The number of benzene rings is 1. The van der Waals surface area contributed by atoms with Gasteiger partial charge < -0.3 is 15.0 Å². The average molecular weight is 250 g/mol. The van der Waals surface area contributed by atoms with Gasteiger partial charge in [0.2, 0.25) is 0 Å². The summed E-state index contributed by atoms with van der Waals surface area (Å²) in [5.41, 5.74) is 0. The van der Waals surface area contributed by atoms with Crippen molar-refractivity contribution in [1.29, 1.82) is 0 Å². The first kappa shape index (κ1) is 14.4. The molecule has 0 atom stereocenters. The van der Waals surface area contributed by atoms with E-state index in [1.807, 2.05) is 37.4 Å². The number of ether oxygens (including phenoxy) is 1. The van der Waals surface area contributed by atoms with Gasteiger partial charge in [0, 0.05) is 13.6 Å². The van der Waals surface area contributed by atoms with Crippen LogP contribution in [0.4, 0.5) is 4.79 Å². The van der Waals surface area contributed by atoms with Crippen LogP contribution in [0, 0.1) is 0 Å². The highest BCUT2D eigenvalue weighted by Crippen LogP contribution is 2.07. The summed E-state index contributed by atoms with van der Waals surface area (Å²) >= 11 is 0. The lowest BCUT2D eigenvalue weighted by Gasteiger charge is -2.17. The van der Waals surface area contributed by atoms with E-state index >= 15 is 0 Å². The number of hydrogen-bond donors (Lipinski definition) is 1. The van der Waals surface area contributed by atoms with Crippen molar-refractivity contribution in [3.05, 3.63) is 30.3 Å². The lowest BCUT2D eigenvalue weighted by Crippen LogP contribution is -2.39. The van der Waals surface area contributed by atoms with E-state index in [9.17, 15) is 4.79 Å². The summed E-state index contributed by atoms with van der Waals surface area (Å²) < 4.78 is 5.48. The Morgan fingerprint density at radius 1 is 1.33 bits per heavy atom. The summed E-state index contributed by atoms with van der Waals surface area (Å²) in [7, 11) is 1.81. The number of carbonyl (C=O) groups is 1. The number of amides is 2. The fourth-order valence-corrected chi connectivity index (χ4v) is 1.48. The molecule has 0 unspecified atom stereocenters. The van der Waals surface area contributed by atoms with Crippen LogP contribution in [-0.4, -0.2) is 37.7 Å². The van der Waals surface area contributed by atoms with Crippen LogP contribution in [0.3, 0.4) is 0 Å². The molecule has 0 aliphatic heterocycles. The lowest BCUT2D eigenvalue weighted by molar-refractivity contribution is 0.204. The van der Waals surface area contributed by atoms with Crippen LogP contribution in [0.1, 0.15) is 19.8 Å². The normalized spacial score (nSPS) is 9.89. The molecule has 0 aliphatic carbocycles. The number of carbonyl (C=O) groups excluding carboxylic acids is 1. The zero-order chi connectivity index (χ0) is 13.2. The van der Waals surface area contributed by atoms with Crippen molar-refractivity contribution in [2.24, 2.45) is 0 Å². The second-order valence-electron chi connectivity index (χ2n) is 4.17. The van der Waals surface area contributed by atoms with Gasteiger partial charge in [-0.2, -0.15) is 0 Å². The van der Waals surface area contributed by atoms with Crippen LogP contribution in [-0.2, 0) is 0 Å². The Labute approximate surface area is 109 Å². The van der Waals surface area contributed by atoms with Gasteiger partial charge in [-0.3, -0.25) is 0 Å². The maximum atomic E-state index is 11.6. The van der Waals surface area contributed by atoms with Crippen LogP contribution in [0.5, 0.6) is 5.75 Å². The SMILES string of the molecule is CCCCN(C)C(=O)NCCOc1ccccc1. The Morgan fingerprint density at radius 3 is 2.72 bits per heavy atom. The third kappa shape index (κ3) is 5.57. The Bertz CT molecular complexity index is 341. The van der Waals surface area contributed by atoms with Crippen LogP contribution in [0.25, 0.3) is 0 Å². The predicted molar refractivity (Wildman–Crippen MR) is 72.9 cm³/mol. The Balaban J connectivity index is 2.12. The molecule has 1 rings (SSSR count). The Kier molecular flexibility index (Phi) is 6.69. The van der Waals surface area contributed by atoms with E-state index in [0.29, 0.717) is 13.2 Å². The van der Waals surface area contributed by atoms with Crippen molar-refractivity contribution < 1.29 is 9.53 Å². The van der Waals surface area contributed by atoms with Crippen molar-refractivity contribution in [3.63, 3.8) is 0 Å². The summed E-state index contributed by atoms with van der Waals surface area (Å²) in [6.07, 6.45) is 2.12. The number of nitrogens with zero attached hydrogens (tertiary/aromatic N) is 1. The van der Waals surface area contributed by atoms with E-state index in [-0.39, 0.29) is 6.03 Å². The number of para-hydroxylation sites is 1. The van der Waals surface area contributed by atoms with Gasteiger partial charge in [-0.15, -0.1) is 0 Å². The molecule has 4 nitrogen and oxygen atoms in total. The van der Waals surface area contributed by atoms with Crippen LogP contribution >= 0.6 is 0 Å². The van der Waals surface area contributed by atoms with E-state index in [2.05, 4.69) is 12.2 Å². The summed E-state index contributed by atoms with van der Waals surface area (Å²) in [4.78, 5) is 13.3. The Hall–Kier alpha value is -1.71. The number of urea groups is 1. The van der Waals surface area contributed by atoms with Gasteiger partial charge in [-0.25, -0.2) is 4.79 Å². The molecule has 0 radical (unpaired) electrons. The zero-order valence-corrected chi connectivity index (χ0v) is 11.2. The number of nitrogens with one attached hydrogen (secondary N) is 1. The first-order valence-corrected chi connectivity index (χ1v) is 6.41. The molecule has 1 aromatic carbocycles. The maximum Gasteiger partial charge on any atom is 0.317 e. The molecule has 0 fully saturated rings. The van der Waals surface area contributed by atoms with Gasteiger partial charge in [-0.1, -0.05) is 31.5 Å². The highest BCUT2D eigenvalue weighted by molar-refractivity contribution is 5.73. The molecule has 0 saturated carbocycles. The van der Waals surface area contributed by atoms with E-state index in [0.717, 1.165) is 25.1 Å². The van der Waals surface area contributed by atoms with Crippen LogP contribution < -0.4 is 10.1 Å². The number of rotatable bonds is 7. The van der Waals surface area contributed by atoms with Gasteiger partial charge in [0.15, 0.2) is 0 Å². The van der Waals surface area contributed by atoms with E-state index in [1.54, 1.807) is 4.90 Å². The van der Waals surface area contributed by atoms with Gasteiger partial charge in [0.1, 0.15) is 12.4 Å². The molecule has 18 heavy (non-hydrogen) atoms. The highest BCUT2D eigenvalue weighted by atomic mass is 16.5. The minimum atomic E-state index is -0.0416. The monoisotopic (exact) mass is 250 g/mol. The third-order valence-corrected chi connectivity index (χ3v) is 2.58. The minimum absolute atomic E-state index is 0.0416. The predicted octanol–water partition coefficient (Wildman–Crippen LogP) is 2.51. The summed E-state index contributed by atoms with van der Waals surface area (Å²) in [6, 6.07) is 9.54. The molecular weight excluding hydrogens is 228 g/mol. The van der Waals surface area contributed by atoms with Gasteiger partial charge in [0.25, 0.3) is 0 Å². The summed E-state index contributed by atoms with van der Waals surface area (Å²) in [6.45, 7) is 3.91. The standard InChI is InChI=1S/C14H22N2O2/c1-3-4-11-16(2)14(17)15-10-12-18-13-8-6-5-7-9-13/h5-9H,3-4,10-12H2,1-2H3,(H,15,17). The first-order chi connectivity index (χ1) is 8.74. The Morgan fingerprint density at radius 2 is 2.06 bits per heavy atom. The molecule has 4 heteroatoms. The maximum absolute atomic E-state index is 11.6. The lowest BCUT2D eigenvalue weighted by atomic mass is 10.3. The fourth-order valence-electron chi connectivity index (χ4n) is 1.48. The molecule has 0 heterocycles. The van der Waals surface area contributed by atoms with Crippen molar-refractivity contribution in [1.82, 2.24) is 10.2 Å². The molecule has 2 amide bonds. The van der Waals surface area contributed by atoms with E-state index in [1.165, 1.54) is 0 Å². The minimum Gasteiger partial charge on any atom is -0.492 e. The van der Waals surface area contributed by atoms with Gasteiger partial charge in [0.05, 0.1) is 6.54 Å². The van der Waals surface area contributed by atoms with Gasteiger partial charge >= 0.3 is 6.03 Å². The molecule has 1 N–H and O–H groups in total. The van der Waals surface area contributed by atoms with Crippen molar-refractivity contribution in [3.8, 4) is 5.75 Å².